The van der Waals surface area contributed by atoms with E-state index in [1.54, 1.807) is 19.1 Å². The molecule has 1 atom stereocenters. The lowest BCUT2D eigenvalue weighted by atomic mass is 10.2. The molecule has 4 heteroatoms. The normalized spacial score (nSPS) is 11.6. The van der Waals surface area contributed by atoms with Crippen LogP contribution in [0.2, 0.25) is 0 Å². The third kappa shape index (κ3) is 4.52. The average molecular weight is 299 g/mol. The predicted octanol–water partition coefficient (Wildman–Crippen LogP) is 3.80. The van der Waals surface area contributed by atoms with E-state index in [0.717, 1.165) is 17.0 Å². The van der Waals surface area contributed by atoms with E-state index in [9.17, 15) is 4.79 Å². The number of rotatable bonds is 6. The van der Waals surface area contributed by atoms with Crippen molar-refractivity contribution < 1.29 is 14.3 Å². The summed E-state index contributed by atoms with van der Waals surface area (Å²) in [7, 11) is 0. The highest BCUT2D eigenvalue weighted by molar-refractivity contribution is 5.94. The maximum atomic E-state index is 12.1. The molecule has 2 aromatic rings. The molecular weight excluding hydrogens is 278 g/mol. The van der Waals surface area contributed by atoms with Gasteiger partial charge in [-0.25, -0.2) is 0 Å². The van der Waals surface area contributed by atoms with Gasteiger partial charge in [0.2, 0.25) is 0 Å². The highest BCUT2D eigenvalue weighted by Gasteiger charge is 2.14. The van der Waals surface area contributed by atoms with E-state index >= 15 is 0 Å². The Bertz CT molecular complexity index is 622. The summed E-state index contributed by atoms with van der Waals surface area (Å²) in [6, 6.07) is 14.9. The number of aryl methyl sites for hydroxylation is 1. The topological polar surface area (TPSA) is 47.6 Å². The van der Waals surface area contributed by atoms with Crippen LogP contribution in [0.25, 0.3) is 0 Å². The molecule has 22 heavy (non-hydrogen) atoms. The predicted molar refractivity (Wildman–Crippen MR) is 87.5 cm³/mol. The molecule has 0 fully saturated rings. The van der Waals surface area contributed by atoms with Crippen molar-refractivity contribution in [1.29, 1.82) is 0 Å². The van der Waals surface area contributed by atoms with Gasteiger partial charge in [0.05, 0.1) is 6.61 Å². The number of anilines is 1. The molecule has 0 saturated heterocycles. The lowest BCUT2D eigenvalue weighted by Gasteiger charge is -2.15. The monoisotopic (exact) mass is 299 g/mol. The van der Waals surface area contributed by atoms with Crippen molar-refractivity contribution in [1.82, 2.24) is 0 Å². The zero-order valence-corrected chi connectivity index (χ0v) is 13.1. The first-order valence-electron chi connectivity index (χ1n) is 7.35. The molecule has 0 aliphatic heterocycles. The van der Waals surface area contributed by atoms with Gasteiger partial charge in [0.25, 0.3) is 5.91 Å². The summed E-state index contributed by atoms with van der Waals surface area (Å²) in [6.45, 7) is 6.26. The second-order valence-electron chi connectivity index (χ2n) is 5.02. The first-order valence-corrected chi connectivity index (χ1v) is 7.35. The molecule has 0 heterocycles. The fourth-order valence-electron chi connectivity index (χ4n) is 2.01. The lowest BCUT2D eigenvalue weighted by Crippen LogP contribution is -2.30. The quantitative estimate of drug-likeness (QED) is 0.882. The number of carbonyl (C=O) groups is 1. The Balaban J connectivity index is 1.93. The Morgan fingerprint density at radius 3 is 2.45 bits per heavy atom. The van der Waals surface area contributed by atoms with E-state index in [1.807, 2.05) is 50.2 Å². The number of benzene rings is 2. The van der Waals surface area contributed by atoms with Gasteiger partial charge in [0, 0.05) is 5.69 Å². The van der Waals surface area contributed by atoms with Crippen LogP contribution >= 0.6 is 0 Å². The summed E-state index contributed by atoms with van der Waals surface area (Å²) in [5, 5.41) is 2.85. The molecule has 0 aromatic heterocycles. The molecule has 0 aliphatic rings. The Kier molecular flexibility index (Phi) is 5.42. The zero-order chi connectivity index (χ0) is 15.9. The van der Waals surface area contributed by atoms with Crippen molar-refractivity contribution in [3.05, 3.63) is 54.1 Å². The Hall–Kier alpha value is -2.49. The van der Waals surface area contributed by atoms with E-state index < -0.39 is 6.10 Å². The van der Waals surface area contributed by atoms with Crippen LogP contribution in [0, 0.1) is 6.92 Å². The van der Waals surface area contributed by atoms with Gasteiger partial charge >= 0.3 is 0 Å². The highest BCUT2D eigenvalue weighted by Crippen LogP contribution is 2.19. The van der Waals surface area contributed by atoms with Gasteiger partial charge in [-0.1, -0.05) is 12.1 Å². The zero-order valence-electron chi connectivity index (χ0n) is 13.1. The minimum absolute atomic E-state index is 0.181. The first-order chi connectivity index (χ1) is 10.6. The minimum Gasteiger partial charge on any atom is -0.494 e. The maximum Gasteiger partial charge on any atom is 0.265 e. The van der Waals surface area contributed by atoms with Crippen molar-refractivity contribution in [2.24, 2.45) is 0 Å². The van der Waals surface area contributed by atoms with Crippen LogP contribution in [0.4, 0.5) is 5.69 Å². The van der Waals surface area contributed by atoms with Crippen LogP contribution in [0.15, 0.2) is 48.5 Å². The highest BCUT2D eigenvalue weighted by atomic mass is 16.5. The standard InChI is InChI=1S/C18H21NO3/c1-4-21-16-8-10-17(11-9-16)22-14(3)18(20)19-15-7-5-6-13(2)12-15/h5-12,14H,4H2,1-3H3,(H,19,20)/t14-/m1/s1. The fraction of sp³-hybridized carbons (Fsp3) is 0.278. The third-order valence-electron chi connectivity index (χ3n) is 3.10. The third-order valence-corrected chi connectivity index (χ3v) is 3.10. The molecular formula is C18H21NO3. The largest absolute Gasteiger partial charge is 0.494 e. The van der Waals surface area contributed by atoms with E-state index in [1.165, 1.54) is 0 Å². The summed E-state index contributed by atoms with van der Waals surface area (Å²) in [4.78, 5) is 12.1. The van der Waals surface area contributed by atoms with Crippen LogP contribution in [0.5, 0.6) is 11.5 Å². The number of carbonyl (C=O) groups excluding carboxylic acids is 1. The summed E-state index contributed by atoms with van der Waals surface area (Å²) in [6.07, 6.45) is -0.585. The first kappa shape index (κ1) is 15.9. The molecule has 2 rings (SSSR count). The Morgan fingerprint density at radius 1 is 1.14 bits per heavy atom. The SMILES string of the molecule is CCOc1ccc(O[C@H](C)C(=O)Nc2cccc(C)c2)cc1. The van der Waals surface area contributed by atoms with Crippen LogP contribution in [0.1, 0.15) is 19.4 Å². The van der Waals surface area contributed by atoms with Crippen molar-refractivity contribution in [3.8, 4) is 11.5 Å². The molecule has 4 nitrogen and oxygen atoms in total. The molecule has 0 unspecified atom stereocenters. The van der Waals surface area contributed by atoms with Gasteiger partial charge in [-0.15, -0.1) is 0 Å². The average Bonchev–Trinajstić information content (AvgIpc) is 2.49. The Labute approximate surface area is 131 Å². The van der Waals surface area contributed by atoms with E-state index in [0.29, 0.717) is 12.4 Å². The van der Waals surface area contributed by atoms with Crippen molar-refractivity contribution in [3.63, 3.8) is 0 Å². The van der Waals surface area contributed by atoms with Gasteiger partial charge < -0.3 is 14.8 Å². The Morgan fingerprint density at radius 2 is 1.82 bits per heavy atom. The molecule has 0 spiro atoms. The number of nitrogens with one attached hydrogen (secondary N) is 1. The van der Waals surface area contributed by atoms with Gasteiger partial charge in [-0.3, -0.25) is 4.79 Å². The summed E-state index contributed by atoms with van der Waals surface area (Å²) in [5.41, 5.74) is 1.87. The minimum atomic E-state index is -0.585. The number of amides is 1. The van der Waals surface area contributed by atoms with E-state index in [4.69, 9.17) is 9.47 Å². The van der Waals surface area contributed by atoms with Crippen LogP contribution < -0.4 is 14.8 Å². The molecule has 0 radical (unpaired) electrons. The van der Waals surface area contributed by atoms with Crippen LogP contribution in [0.3, 0.4) is 0 Å². The van der Waals surface area contributed by atoms with E-state index in [2.05, 4.69) is 5.32 Å². The smallest absolute Gasteiger partial charge is 0.265 e. The maximum absolute atomic E-state index is 12.1. The molecule has 0 saturated carbocycles. The number of ether oxygens (including phenoxy) is 2. The van der Waals surface area contributed by atoms with Crippen molar-refractivity contribution in [2.45, 2.75) is 26.9 Å². The second-order valence-corrected chi connectivity index (χ2v) is 5.02. The summed E-state index contributed by atoms with van der Waals surface area (Å²) >= 11 is 0. The molecule has 1 amide bonds. The van der Waals surface area contributed by atoms with Gasteiger partial charge in [-0.2, -0.15) is 0 Å². The van der Waals surface area contributed by atoms with Crippen molar-refractivity contribution in [2.75, 3.05) is 11.9 Å². The molecule has 1 N–H and O–H groups in total. The van der Waals surface area contributed by atoms with Crippen LogP contribution in [-0.2, 0) is 4.79 Å². The summed E-state index contributed by atoms with van der Waals surface area (Å²) < 4.78 is 11.0. The van der Waals surface area contributed by atoms with E-state index in [-0.39, 0.29) is 5.91 Å². The van der Waals surface area contributed by atoms with Gasteiger partial charge in [-0.05, 0) is 62.7 Å². The molecule has 0 aliphatic carbocycles. The summed E-state index contributed by atoms with van der Waals surface area (Å²) in [5.74, 6) is 1.24. The number of hydrogen-bond acceptors (Lipinski definition) is 3. The van der Waals surface area contributed by atoms with Crippen LogP contribution in [-0.4, -0.2) is 18.6 Å². The molecule has 0 bridgehead atoms. The van der Waals surface area contributed by atoms with Gasteiger partial charge in [0.1, 0.15) is 11.5 Å². The molecule has 116 valence electrons. The van der Waals surface area contributed by atoms with Gasteiger partial charge in [0.15, 0.2) is 6.10 Å². The fourth-order valence-corrected chi connectivity index (χ4v) is 2.01. The molecule has 2 aromatic carbocycles. The van der Waals surface area contributed by atoms with Crippen molar-refractivity contribution >= 4 is 11.6 Å². The second kappa shape index (κ2) is 7.50. The lowest BCUT2D eigenvalue weighted by molar-refractivity contribution is -0.122. The number of hydrogen-bond donors (Lipinski definition) is 1.